The predicted octanol–water partition coefficient (Wildman–Crippen LogP) is 6.02. The molecule has 0 fully saturated rings. The van der Waals surface area contributed by atoms with Crippen molar-refractivity contribution in [3.63, 3.8) is 0 Å². The lowest BCUT2D eigenvalue weighted by molar-refractivity contribution is -0.139. The van der Waals surface area contributed by atoms with Gasteiger partial charge in [0.05, 0.1) is 12.2 Å². The van der Waals surface area contributed by atoms with Gasteiger partial charge >= 0.3 is 12.1 Å². The van der Waals surface area contributed by atoms with Gasteiger partial charge < -0.3 is 19.6 Å². The highest BCUT2D eigenvalue weighted by molar-refractivity contribution is 5.96. The van der Waals surface area contributed by atoms with Gasteiger partial charge in [0.15, 0.2) is 0 Å². The van der Waals surface area contributed by atoms with Crippen LogP contribution in [0.15, 0.2) is 66.7 Å². The van der Waals surface area contributed by atoms with Crippen LogP contribution in [-0.2, 0) is 30.5 Å². The average Bonchev–Trinajstić information content (AvgIpc) is 2.89. The molecule has 3 aromatic carbocycles. The van der Waals surface area contributed by atoms with Crippen LogP contribution in [0.1, 0.15) is 57.4 Å². The predicted molar refractivity (Wildman–Crippen MR) is 145 cm³/mol. The Morgan fingerprint density at radius 1 is 0.975 bits per heavy atom. The van der Waals surface area contributed by atoms with Gasteiger partial charge in [-0.1, -0.05) is 36.4 Å². The third-order valence-corrected chi connectivity index (χ3v) is 6.83. The first-order chi connectivity index (χ1) is 19.1. The van der Waals surface area contributed by atoms with Crippen LogP contribution in [0.5, 0.6) is 5.75 Å². The fourth-order valence-electron chi connectivity index (χ4n) is 4.89. The molecule has 0 saturated carbocycles. The molecule has 0 spiro atoms. The lowest BCUT2D eigenvalue weighted by Gasteiger charge is -2.22. The highest BCUT2D eigenvalue weighted by Gasteiger charge is 2.31. The zero-order valence-corrected chi connectivity index (χ0v) is 22.4. The second-order valence-electron chi connectivity index (χ2n) is 10.2. The Balaban J connectivity index is 1.64. The maximum absolute atomic E-state index is 13.5. The fraction of sp³-hybridized carbons (Fsp3) is 0.355. The molecule has 4 rings (SSSR count). The summed E-state index contributed by atoms with van der Waals surface area (Å²) in [6.45, 7) is 1.43. The van der Waals surface area contributed by atoms with E-state index in [2.05, 4.69) is 24.1 Å². The van der Waals surface area contributed by atoms with Crippen molar-refractivity contribution < 1.29 is 32.6 Å². The molecule has 3 aromatic rings. The monoisotopic (exact) mass is 554 g/mol. The molecule has 0 radical (unpaired) electrons. The molecule has 1 heterocycles. The first-order valence-corrected chi connectivity index (χ1v) is 13.3. The molecule has 6 nitrogen and oxygen atoms in total. The summed E-state index contributed by atoms with van der Waals surface area (Å²) in [7, 11) is 2.10. The van der Waals surface area contributed by atoms with Gasteiger partial charge in [-0.3, -0.25) is 9.59 Å². The highest BCUT2D eigenvalue weighted by atomic mass is 19.4. The number of ether oxygens (including phenoxy) is 1. The van der Waals surface area contributed by atoms with E-state index in [0.29, 0.717) is 18.8 Å². The van der Waals surface area contributed by atoms with Crippen LogP contribution in [0, 0.1) is 0 Å². The van der Waals surface area contributed by atoms with E-state index >= 15 is 0 Å². The number of hydrogen-bond donors (Lipinski definition) is 1. The highest BCUT2D eigenvalue weighted by Crippen LogP contribution is 2.30. The van der Waals surface area contributed by atoms with E-state index in [4.69, 9.17) is 4.74 Å². The largest absolute Gasteiger partial charge is 0.493 e. The van der Waals surface area contributed by atoms with E-state index in [-0.39, 0.29) is 17.7 Å². The van der Waals surface area contributed by atoms with Crippen LogP contribution >= 0.6 is 0 Å². The standard InChI is InChI=1S/C31H33F3N2O4/c1-35-13-3-2-4-14-40-28-12-11-25(18-26(28)16-22-7-5-8-23(15-22)19-35)30(39)36(21-29(37)38)20-24-9-6-10-27(17-24)31(32,33)34/h5-12,15,17-18H,2-4,13-14,16,19-21H2,1H3,(H,37,38). The van der Waals surface area contributed by atoms with Gasteiger partial charge in [0.2, 0.25) is 0 Å². The van der Waals surface area contributed by atoms with E-state index in [1.807, 2.05) is 12.1 Å². The molecule has 9 heteroatoms. The molecule has 0 aromatic heterocycles. The van der Waals surface area contributed by atoms with Gasteiger partial charge in [-0.05, 0) is 85.4 Å². The van der Waals surface area contributed by atoms with Gasteiger partial charge in [-0.25, -0.2) is 0 Å². The van der Waals surface area contributed by atoms with Crippen LogP contribution in [-0.4, -0.2) is 53.5 Å². The van der Waals surface area contributed by atoms with Gasteiger partial charge in [-0.2, -0.15) is 13.2 Å². The van der Waals surface area contributed by atoms with Gasteiger partial charge in [0.25, 0.3) is 5.91 Å². The summed E-state index contributed by atoms with van der Waals surface area (Å²) < 4.78 is 45.7. The van der Waals surface area contributed by atoms with Crippen molar-refractivity contribution in [3.05, 3.63) is 100 Å². The molecule has 1 aliphatic heterocycles. The summed E-state index contributed by atoms with van der Waals surface area (Å²) in [4.78, 5) is 28.4. The number of rotatable bonds is 5. The third-order valence-electron chi connectivity index (χ3n) is 6.83. The molecule has 0 atom stereocenters. The molecular weight excluding hydrogens is 521 g/mol. The van der Waals surface area contributed by atoms with E-state index in [1.165, 1.54) is 17.7 Å². The fourth-order valence-corrected chi connectivity index (χ4v) is 4.89. The number of hydrogen-bond acceptors (Lipinski definition) is 4. The molecule has 40 heavy (non-hydrogen) atoms. The van der Waals surface area contributed by atoms with Crippen molar-refractivity contribution in [2.45, 2.75) is 44.9 Å². The first kappa shape index (κ1) is 29.1. The van der Waals surface area contributed by atoms with Crippen LogP contribution in [0.3, 0.4) is 0 Å². The zero-order chi connectivity index (χ0) is 28.7. The number of fused-ring (bicyclic) bond motifs is 3. The molecular formula is C31H33F3N2O4. The Bertz CT molecular complexity index is 1340. The number of carbonyl (C=O) groups excluding carboxylic acids is 1. The molecule has 0 saturated heterocycles. The number of benzene rings is 3. The van der Waals surface area contributed by atoms with E-state index in [1.54, 1.807) is 18.2 Å². The van der Waals surface area contributed by atoms with Crippen LogP contribution in [0.2, 0.25) is 0 Å². The van der Waals surface area contributed by atoms with Crippen molar-refractivity contribution in [2.24, 2.45) is 0 Å². The average molecular weight is 555 g/mol. The number of carboxylic acids is 1. The summed E-state index contributed by atoms with van der Waals surface area (Å²) in [5, 5.41) is 9.45. The Morgan fingerprint density at radius 2 is 1.75 bits per heavy atom. The normalized spacial score (nSPS) is 14.9. The molecule has 2 bridgehead atoms. The Kier molecular flexibility index (Phi) is 9.47. The third kappa shape index (κ3) is 8.08. The smallest absolute Gasteiger partial charge is 0.416 e. The summed E-state index contributed by atoms with van der Waals surface area (Å²) in [6.07, 6.45) is -1.07. The van der Waals surface area contributed by atoms with Crippen molar-refractivity contribution in [1.82, 2.24) is 9.80 Å². The Labute approximate surface area is 232 Å². The lowest BCUT2D eigenvalue weighted by Crippen LogP contribution is -2.35. The number of amides is 1. The maximum atomic E-state index is 13.5. The van der Waals surface area contributed by atoms with Crippen LogP contribution < -0.4 is 4.74 Å². The topological polar surface area (TPSA) is 70.1 Å². The first-order valence-electron chi connectivity index (χ1n) is 13.3. The van der Waals surface area contributed by atoms with E-state index in [0.717, 1.165) is 60.5 Å². The number of alkyl halides is 3. The number of nitrogens with zero attached hydrogens (tertiary/aromatic N) is 2. The quantitative estimate of drug-likeness (QED) is 0.418. The van der Waals surface area contributed by atoms with E-state index < -0.39 is 30.2 Å². The molecule has 1 N–H and O–H groups in total. The molecule has 1 amide bonds. The SMILES string of the molecule is CN1CCCCCOc2ccc(C(=O)N(CC(=O)O)Cc3cccc(C(F)(F)F)c3)cc2Cc2cccc(c2)C1. The lowest BCUT2D eigenvalue weighted by atomic mass is 9.99. The summed E-state index contributed by atoms with van der Waals surface area (Å²) >= 11 is 0. The number of aliphatic carboxylic acids is 1. The van der Waals surface area contributed by atoms with Gasteiger partial charge in [0.1, 0.15) is 12.3 Å². The minimum absolute atomic E-state index is 0.188. The van der Waals surface area contributed by atoms with Gasteiger partial charge in [-0.15, -0.1) is 0 Å². The minimum Gasteiger partial charge on any atom is -0.493 e. The Hall–Kier alpha value is -3.85. The number of carbonyl (C=O) groups is 2. The summed E-state index contributed by atoms with van der Waals surface area (Å²) in [5.41, 5.74) is 2.58. The second kappa shape index (κ2) is 13.0. The van der Waals surface area contributed by atoms with Gasteiger partial charge in [0, 0.05) is 25.1 Å². The Morgan fingerprint density at radius 3 is 2.52 bits per heavy atom. The molecule has 1 aliphatic rings. The van der Waals surface area contributed by atoms with E-state index in [9.17, 15) is 27.9 Å². The van der Waals surface area contributed by atoms with Crippen LogP contribution in [0.25, 0.3) is 0 Å². The van der Waals surface area contributed by atoms with Crippen molar-refractivity contribution in [2.75, 3.05) is 26.7 Å². The maximum Gasteiger partial charge on any atom is 0.416 e. The van der Waals surface area contributed by atoms with Crippen molar-refractivity contribution in [1.29, 1.82) is 0 Å². The van der Waals surface area contributed by atoms with Crippen LogP contribution in [0.4, 0.5) is 13.2 Å². The van der Waals surface area contributed by atoms with Crippen molar-refractivity contribution >= 4 is 11.9 Å². The van der Waals surface area contributed by atoms with Crippen molar-refractivity contribution in [3.8, 4) is 5.75 Å². The molecule has 212 valence electrons. The minimum atomic E-state index is -4.55. The molecule has 0 aliphatic carbocycles. The number of halogens is 3. The zero-order valence-electron chi connectivity index (χ0n) is 22.4. The summed E-state index contributed by atoms with van der Waals surface area (Å²) in [6, 6.07) is 17.8. The molecule has 0 unspecified atom stereocenters. The number of carboxylic acid groups (broad SMARTS) is 1. The second-order valence-corrected chi connectivity index (χ2v) is 10.2. The summed E-state index contributed by atoms with van der Waals surface area (Å²) in [5.74, 6) is -1.19.